The lowest BCUT2D eigenvalue weighted by Gasteiger charge is -2.26. The van der Waals surface area contributed by atoms with E-state index in [1.54, 1.807) is 12.1 Å². The molecule has 1 aromatic carbocycles. The minimum absolute atomic E-state index is 0.224. The van der Waals surface area contributed by atoms with Crippen LogP contribution in [-0.2, 0) is 4.74 Å². The molecule has 1 heterocycles. The number of anilines is 2. The number of carbonyl (C=O) groups is 1. The van der Waals surface area contributed by atoms with E-state index < -0.39 is 5.97 Å². The second-order valence-electron chi connectivity index (χ2n) is 5.08. The lowest BCUT2D eigenvalue weighted by molar-refractivity contribution is 0.0697. The molecule has 5 nitrogen and oxygen atoms in total. The van der Waals surface area contributed by atoms with E-state index in [1.807, 2.05) is 0 Å². The highest BCUT2D eigenvalue weighted by Gasteiger charge is 2.17. The van der Waals surface area contributed by atoms with E-state index in [9.17, 15) is 4.79 Å². The highest BCUT2D eigenvalue weighted by atomic mass is 16.5. The van der Waals surface area contributed by atoms with Gasteiger partial charge in [0.15, 0.2) is 0 Å². The Bertz CT molecular complexity index is 470. The van der Waals surface area contributed by atoms with Gasteiger partial charge in [-0.1, -0.05) is 0 Å². The number of nitrogens with zero attached hydrogens (tertiary/aromatic N) is 1. The van der Waals surface area contributed by atoms with Crippen LogP contribution in [-0.4, -0.2) is 36.9 Å². The summed E-state index contributed by atoms with van der Waals surface area (Å²) in [6.45, 7) is 4.65. The summed E-state index contributed by atoms with van der Waals surface area (Å²) in [4.78, 5) is 13.1. The van der Waals surface area contributed by atoms with Gasteiger partial charge in [0.2, 0.25) is 0 Å². The van der Waals surface area contributed by atoms with Crippen LogP contribution in [0.5, 0.6) is 0 Å². The summed E-state index contributed by atoms with van der Waals surface area (Å²) in [6, 6.07) is 4.91. The predicted octanol–water partition coefficient (Wildman–Crippen LogP) is 2.36. The molecule has 0 amide bonds. The zero-order chi connectivity index (χ0) is 14.5. The number of nitrogens with two attached hydrogens (primary N) is 1. The largest absolute Gasteiger partial charge is 0.478 e. The van der Waals surface area contributed by atoms with Gasteiger partial charge in [0.25, 0.3) is 0 Å². The van der Waals surface area contributed by atoms with Gasteiger partial charge in [-0.2, -0.15) is 0 Å². The summed E-state index contributed by atoms with van der Waals surface area (Å²) in [6.07, 6.45) is 3.61. The second kappa shape index (κ2) is 6.61. The van der Waals surface area contributed by atoms with E-state index in [1.165, 1.54) is 6.07 Å². The van der Waals surface area contributed by atoms with Crippen molar-refractivity contribution in [1.29, 1.82) is 0 Å². The van der Waals surface area contributed by atoms with Gasteiger partial charge in [-0.15, -0.1) is 0 Å². The van der Waals surface area contributed by atoms with Crippen molar-refractivity contribution in [1.82, 2.24) is 0 Å². The van der Waals surface area contributed by atoms with Crippen molar-refractivity contribution < 1.29 is 14.6 Å². The second-order valence-corrected chi connectivity index (χ2v) is 5.08. The predicted molar refractivity (Wildman–Crippen MR) is 79.3 cm³/mol. The Labute approximate surface area is 119 Å². The first kappa shape index (κ1) is 14.7. The Balaban J connectivity index is 2.04. The third-order valence-electron chi connectivity index (χ3n) is 3.74. The van der Waals surface area contributed by atoms with Crippen molar-refractivity contribution in [2.45, 2.75) is 32.3 Å². The number of benzene rings is 1. The van der Waals surface area contributed by atoms with Crippen LogP contribution in [0.4, 0.5) is 11.4 Å². The van der Waals surface area contributed by atoms with Crippen LogP contribution in [0.25, 0.3) is 0 Å². The van der Waals surface area contributed by atoms with Crippen LogP contribution in [0, 0.1) is 0 Å². The minimum Gasteiger partial charge on any atom is -0.478 e. The average Bonchev–Trinajstić information content (AvgIpc) is 2.93. The maximum Gasteiger partial charge on any atom is 0.335 e. The van der Waals surface area contributed by atoms with Gasteiger partial charge >= 0.3 is 5.97 Å². The number of nitrogen functional groups attached to an aromatic ring is 1. The molecule has 1 fully saturated rings. The summed E-state index contributed by atoms with van der Waals surface area (Å²) in [5.74, 6) is -0.953. The zero-order valence-corrected chi connectivity index (χ0v) is 11.8. The smallest absolute Gasteiger partial charge is 0.335 e. The molecule has 0 saturated carbocycles. The summed E-state index contributed by atoms with van der Waals surface area (Å²) < 4.78 is 5.63. The molecule has 1 atom stereocenters. The summed E-state index contributed by atoms with van der Waals surface area (Å²) in [5.41, 5.74) is 7.62. The number of hydrogen-bond donors (Lipinski definition) is 2. The molecule has 1 aromatic rings. The standard InChI is InChI=1S/C15H22N2O3/c1-2-17(8-7-12-4-3-9-20-12)14-6-5-11(15(18)19)10-13(14)16/h5-6,10,12H,2-4,7-9,16H2,1H3,(H,18,19). The van der Waals surface area contributed by atoms with Crippen LogP contribution < -0.4 is 10.6 Å². The Hall–Kier alpha value is -1.75. The average molecular weight is 278 g/mol. The number of carboxylic acids is 1. The first-order valence-electron chi connectivity index (χ1n) is 7.11. The monoisotopic (exact) mass is 278 g/mol. The van der Waals surface area contributed by atoms with E-state index >= 15 is 0 Å². The Morgan fingerprint density at radius 2 is 2.35 bits per heavy atom. The number of carboxylic acid groups (broad SMARTS) is 1. The normalized spacial score (nSPS) is 18.1. The van der Waals surface area contributed by atoms with Gasteiger partial charge in [0.1, 0.15) is 0 Å². The lowest BCUT2D eigenvalue weighted by atomic mass is 10.1. The van der Waals surface area contributed by atoms with Gasteiger partial charge in [-0.25, -0.2) is 4.79 Å². The van der Waals surface area contributed by atoms with Crippen LogP contribution in [0.1, 0.15) is 36.5 Å². The molecule has 1 aliphatic heterocycles. The van der Waals surface area contributed by atoms with Gasteiger partial charge in [-0.3, -0.25) is 0 Å². The van der Waals surface area contributed by atoms with E-state index in [2.05, 4.69) is 11.8 Å². The molecule has 3 N–H and O–H groups in total. The van der Waals surface area contributed by atoms with Gasteiger partial charge < -0.3 is 20.5 Å². The fourth-order valence-corrected chi connectivity index (χ4v) is 2.60. The number of ether oxygens (including phenoxy) is 1. The Morgan fingerprint density at radius 3 is 2.90 bits per heavy atom. The molecule has 20 heavy (non-hydrogen) atoms. The maximum atomic E-state index is 10.9. The first-order valence-corrected chi connectivity index (χ1v) is 7.11. The van der Waals surface area contributed by atoms with E-state index in [0.29, 0.717) is 11.8 Å². The number of aromatic carboxylic acids is 1. The fourth-order valence-electron chi connectivity index (χ4n) is 2.60. The molecule has 1 saturated heterocycles. The van der Waals surface area contributed by atoms with Crippen LogP contribution in [0.15, 0.2) is 18.2 Å². The van der Waals surface area contributed by atoms with Gasteiger partial charge in [0.05, 0.1) is 23.0 Å². The quantitative estimate of drug-likeness (QED) is 0.781. The molecular weight excluding hydrogens is 256 g/mol. The molecule has 0 radical (unpaired) electrons. The van der Waals surface area contributed by atoms with Gasteiger partial charge in [-0.05, 0) is 44.4 Å². The minimum atomic E-state index is -0.953. The first-order chi connectivity index (χ1) is 9.61. The maximum absolute atomic E-state index is 10.9. The summed E-state index contributed by atoms with van der Waals surface area (Å²) in [7, 11) is 0. The molecule has 2 rings (SSSR count). The number of hydrogen-bond acceptors (Lipinski definition) is 4. The van der Waals surface area contributed by atoms with E-state index in [4.69, 9.17) is 15.6 Å². The molecule has 0 aliphatic carbocycles. The van der Waals surface area contributed by atoms with Crippen molar-refractivity contribution in [3.8, 4) is 0 Å². The third-order valence-corrected chi connectivity index (χ3v) is 3.74. The molecule has 0 spiro atoms. The molecule has 1 unspecified atom stereocenters. The Kier molecular flexibility index (Phi) is 4.84. The SMILES string of the molecule is CCN(CCC1CCCO1)c1ccc(C(=O)O)cc1N. The summed E-state index contributed by atoms with van der Waals surface area (Å²) in [5, 5.41) is 8.96. The molecule has 0 bridgehead atoms. The fraction of sp³-hybridized carbons (Fsp3) is 0.533. The van der Waals surface area contributed by atoms with Crippen molar-refractivity contribution in [3.63, 3.8) is 0 Å². The van der Waals surface area contributed by atoms with Crippen LogP contribution in [0.2, 0.25) is 0 Å². The Morgan fingerprint density at radius 1 is 1.55 bits per heavy atom. The molecule has 110 valence electrons. The van der Waals surface area contributed by atoms with E-state index in [0.717, 1.165) is 44.6 Å². The topological polar surface area (TPSA) is 75.8 Å². The van der Waals surface area contributed by atoms with Gasteiger partial charge in [0, 0.05) is 19.7 Å². The van der Waals surface area contributed by atoms with Crippen molar-refractivity contribution in [2.24, 2.45) is 0 Å². The van der Waals surface area contributed by atoms with Crippen molar-refractivity contribution >= 4 is 17.3 Å². The van der Waals surface area contributed by atoms with Crippen molar-refractivity contribution in [3.05, 3.63) is 23.8 Å². The van der Waals surface area contributed by atoms with Crippen LogP contribution >= 0.6 is 0 Å². The molecular formula is C15H22N2O3. The molecule has 5 heteroatoms. The highest BCUT2D eigenvalue weighted by Crippen LogP contribution is 2.25. The zero-order valence-electron chi connectivity index (χ0n) is 11.8. The van der Waals surface area contributed by atoms with Crippen molar-refractivity contribution in [2.75, 3.05) is 30.3 Å². The number of rotatable bonds is 6. The van der Waals surface area contributed by atoms with E-state index in [-0.39, 0.29) is 5.56 Å². The molecule has 1 aliphatic rings. The molecule has 0 aromatic heterocycles. The third kappa shape index (κ3) is 3.42. The highest BCUT2D eigenvalue weighted by molar-refractivity contribution is 5.90. The lowest BCUT2D eigenvalue weighted by Crippen LogP contribution is -2.27. The summed E-state index contributed by atoms with van der Waals surface area (Å²) >= 11 is 0. The van der Waals surface area contributed by atoms with Crippen LogP contribution in [0.3, 0.4) is 0 Å².